The average Bonchev–Trinajstić information content (AvgIpc) is 2.88. The van der Waals surface area contributed by atoms with Gasteiger partial charge in [-0.05, 0) is 56.0 Å². The Morgan fingerprint density at radius 2 is 1.69 bits per heavy atom. The SMILES string of the molecule is Cc1ccc(C(=O)Nc2ccc(N3CCCCC3)c(C(=O)NCc3ccccc3)c2)cc1[N+](=O)[O-]. The second-order valence-electron chi connectivity index (χ2n) is 8.66. The molecule has 0 spiro atoms. The predicted octanol–water partition coefficient (Wildman–Crippen LogP) is 5.08. The molecule has 3 aromatic rings. The zero-order chi connectivity index (χ0) is 24.8. The number of nitro benzene ring substituents is 1. The van der Waals surface area contributed by atoms with E-state index in [1.165, 1.54) is 12.5 Å². The van der Waals surface area contributed by atoms with E-state index >= 15 is 0 Å². The van der Waals surface area contributed by atoms with Crippen molar-refractivity contribution in [3.63, 3.8) is 0 Å². The fraction of sp³-hybridized carbons (Fsp3) is 0.259. The Kier molecular flexibility index (Phi) is 7.40. The lowest BCUT2D eigenvalue weighted by atomic mass is 10.0. The summed E-state index contributed by atoms with van der Waals surface area (Å²) in [6.45, 7) is 3.76. The zero-order valence-electron chi connectivity index (χ0n) is 19.6. The topological polar surface area (TPSA) is 105 Å². The van der Waals surface area contributed by atoms with E-state index in [0.29, 0.717) is 23.4 Å². The van der Waals surface area contributed by atoms with E-state index in [1.54, 1.807) is 31.2 Å². The molecule has 8 heteroatoms. The normalized spacial score (nSPS) is 13.2. The van der Waals surface area contributed by atoms with Gasteiger partial charge in [-0.25, -0.2) is 0 Å². The maximum absolute atomic E-state index is 13.2. The number of nitro groups is 1. The molecule has 180 valence electrons. The van der Waals surface area contributed by atoms with Gasteiger partial charge in [0, 0.05) is 48.2 Å². The van der Waals surface area contributed by atoms with Crippen molar-refractivity contribution in [2.24, 2.45) is 0 Å². The molecule has 0 radical (unpaired) electrons. The molecule has 3 aromatic carbocycles. The van der Waals surface area contributed by atoms with Crippen molar-refractivity contribution >= 4 is 28.9 Å². The minimum absolute atomic E-state index is 0.112. The lowest BCUT2D eigenvalue weighted by Gasteiger charge is -2.30. The van der Waals surface area contributed by atoms with Gasteiger partial charge in [0.25, 0.3) is 17.5 Å². The van der Waals surface area contributed by atoms with Gasteiger partial charge < -0.3 is 15.5 Å². The molecule has 0 unspecified atom stereocenters. The van der Waals surface area contributed by atoms with Gasteiger partial charge in [0.05, 0.1) is 10.5 Å². The third kappa shape index (κ3) is 5.84. The second kappa shape index (κ2) is 10.8. The lowest BCUT2D eigenvalue weighted by molar-refractivity contribution is -0.385. The summed E-state index contributed by atoms with van der Waals surface area (Å²) in [6.07, 6.45) is 3.30. The highest BCUT2D eigenvalue weighted by atomic mass is 16.6. The minimum atomic E-state index is -0.505. The van der Waals surface area contributed by atoms with Crippen molar-refractivity contribution in [1.29, 1.82) is 0 Å². The molecule has 4 rings (SSSR count). The number of benzene rings is 3. The van der Waals surface area contributed by atoms with Crippen LogP contribution in [0.5, 0.6) is 0 Å². The number of carbonyl (C=O) groups is 2. The van der Waals surface area contributed by atoms with Crippen molar-refractivity contribution in [2.75, 3.05) is 23.3 Å². The molecule has 1 fully saturated rings. The summed E-state index contributed by atoms with van der Waals surface area (Å²) in [7, 11) is 0. The molecular formula is C27H28N4O4. The standard InChI is InChI=1S/C27H28N4O4/c1-19-10-11-21(16-25(19)31(34)35)26(32)29-22-12-13-24(30-14-6-3-7-15-30)23(17-22)27(33)28-18-20-8-4-2-5-9-20/h2,4-5,8-13,16-17H,3,6-7,14-15,18H2,1H3,(H,28,33)(H,29,32). The molecule has 0 aliphatic carbocycles. The van der Waals surface area contributed by atoms with Crippen LogP contribution in [0.15, 0.2) is 66.7 Å². The number of hydrogen-bond donors (Lipinski definition) is 2. The van der Waals surface area contributed by atoms with Crippen LogP contribution in [0.25, 0.3) is 0 Å². The first-order valence-electron chi connectivity index (χ1n) is 11.7. The molecule has 35 heavy (non-hydrogen) atoms. The van der Waals surface area contributed by atoms with Gasteiger partial charge in [-0.15, -0.1) is 0 Å². The molecule has 0 atom stereocenters. The number of amides is 2. The molecule has 1 heterocycles. The number of nitrogens with one attached hydrogen (secondary N) is 2. The molecule has 0 aromatic heterocycles. The summed E-state index contributed by atoms with van der Waals surface area (Å²) in [5.74, 6) is -0.703. The van der Waals surface area contributed by atoms with E-state index in [9.17, 15) is 19.7 Å². The molecular weight excluding hydrogens is 444 g/mol. The number of rotatable bonds is 7. The Bertz CT molecular complexity index is 1240. The van der Waals surface area contributed by atoms with Crippen LogP contribution in [0, 0.1) is 17.0 Å². The first-order chi connectivity index (χ1) is 16.9. The largest absolute Gasteiger partial charge is 0.371 e. The van der Waals surface area contributed by atoms with Gasteiger partial charge in [-0.1, -0.05) is 36.4 Å². The van der Waals surface area contributed by atoms with Gasteiger partial charge in [0.1, 0.15) is 0 Å². The summed E-state index contributed by atoms with van der Waals surface area (Å²) < 4.78 is 0. The zero-order valence-corrected chi connectivity index (χ0v) is 19.6. The van der Waals surface area contributed by atoms with Crippen LogP contribution >= 0.6 is 0 Å². The monoisotopic (exact) mass is 472 g/mol. The van der Waals surface area contributed by atoms with E-state index in [-0.39, 0.29) is 17.2 Å². The minimum Gasteiger partial charge on any atom is -0.371 e. The second-order valence-corrected chi connectivity index (χ2v) is 8.66. The van der Waals surface area contributed by atoms with Crippen molar-refractivity contribution < 1.29 is 14.5 Å². The Labute approximate surface area is 204 Å². The Hall–Kier alpha value is -4.20. The van der Waals surface area contributed by atoms with Crippen molar-refractivity contribution in [2.45, 2.75) is 32.7 Å². The fourth-order valence-corrected chi connectivity index (χ4v) is 4.23. The van der Waals surface area contributed by atoms with Crippen LogP contribution in [-0.4, -0.2) is 29.8 Å². The van der Waals surface area contributed by atoms with Crippen LogP contribution in [0.1, 0.15) is 51.1 Å². The van der Waals surface area contributed by atoms with Crippen LogP contribution in [0.2, 0.25) is 0 Å². The third-order valence-corrected chi connectivity index (χ3v) is 6.16. The third-order valence-electron chi connectivity index (χ3n) is 6.16. The number of anilines is 2. The summed E-state index contributed by atoms with van der Waals surface area (Å²) in [4.78, 5) is 39.0. The summed E-state index contributed by atoms with van der Waals surface area (Å²) in [6, 6.07) is 19.3. The van der Waals surface area contributed by atoms with Crippen LogP contribution < -0.4 is 15.5 Å². The molecule has 2 N–H and O–H groups in total. The number of aryl methyl sites for hydroxylation is 1. The summed E-state index contributed by atoms with van der Waals surface area (Å²) in [5.41, 5.74) is 3.30. The van der Waals surface area contributed by atoms with Gasteiger partial charge in [0.15, 0.2) is 0 Å². The molecule has 0 saturated carbocycles. The maximum Gasteiger partial charge on any atom is 0.273 e. The Morgan fingerprint density at radius 3 is 2.40 bits per heavy atom. The quantitative estimate of drug-likeness (QED) is 0.369. The smallest absolute Gasteiger partial charge is 0.273 e. The number of carbonyl (C=O) groups excluding carboxylic acids is 2. The van der Waals surface area contributed by atoms with Crippen molar-refractivity contribution in [3.05, 3.63) is 99.1 Å². The van der Waals surface area contributed by atoms with Gasteiger partial charge in [-0.3, -0.25) is 19.7 Å². The number of piperidine rings is 1. The first kappa shape index (κ1) is 23.9. The van der Waals surface area contributed by atoms with E-state index in [4.69, 9.17) is 0 Å². The predicted molar refractivity (Wildman–Crippen MR) is 136 cm³/mol. The molecule has 2 amide bonds. The Morgan fingerprint density at radius 1 is 0.943 bits per heavy atom. The average molecular weight is 473 g/mol. The van der Waals surface area contributed by atoms with Crippen molar-refractivity contribution in [1.82, 2.24) is 5.32 Å². The van der Waals surface area contributed by atoms with E-state index in [0.717, 1.165) is 37.2 Å². The number of hydrogen-bond acceptors (Lipinski definition) is 5. The van der Waals surface area contributed by atoms with E-state index in [2.05, 4.69) is 15.5 Å². The van der Waals surface area contributed by atoms with Crippen LogP contribution in [0.4, 0.5) is 17.1 Å². The van der Waals surface area contributed by atoms with E-state index in [1.807, 2.05) is 36.4 Å². The highest BCUT2D eigenvalue weighted by Gasteiger charge is 2.21. The van der Waals surface area contributed by atoms with Gasteiger partial charge >= 0.3 is 0 Å². The highest BCUT2D eigenvalue weighted by molar-refractivity contribution is 6.06. The van der Waals surface area contributed by atoms with Crippen molar-refractivity contribution in [3.8, 4) is 0 Å². The molecule has 0 bridgehead atoms. The van der Waals surface area contributed by atoms with Crippen LogP contribution in [-0.2, 0) is 6.54 Å². The molecule has 1 saturated heterocycles. The maximum atomic E-state index is 13.2. The fourth-order valence-electron chi connectivity index (χ4n) is 4.23. The first-order valence-corrected chi connectivity index (χ1v) is 11.7. The lowest BCUT2D eigenvalue weighted by Crippen LogP contribution is -2.32. The number of nitrogens with zero attached hydrogens (tertiary/aromatic N) is 2. The molecule has 1 aliphatic rings. The molecule has 1 aliphatic heterocycles. The summed E-state index contributed by atoms with van der Waals surface area (Å²) >= 11 is 0. The van der Waals surface area contributed by atoms with Crippen LogP contribution in [0.3, 0.4) is 0 Å². The highest BCUT2D eigenvalue weighted by Crippen LogP contribution is 2.28. The van der Waals surface area contributed by atoms with Gasteiger partial charge in [-0.2, -0.15) is 0 Å². The van der Waals surface area contributed by atoms with E-state index < -0.39 is 10.8 Å². The summed E-state index contributed by atoms with van der Waals surface area (Å²) in [5, 5.41) is 17.0. The Balaban J connectivity index is 1.58. The molecule has 8 nitrogen and oxygen atoms in total. The van der Waals surface area contributed by atoms with Gasteiger partial charge in [0.2, 0.25) is 0 Å².